The second-order valence-corrected chi connectivity index (χ2v) is 8.70. The number of anilines is 1. The first-order chi connectivity index (χ1) is 12.8. The highest BCUT2D eigenvalue weighted by Gasteiger charge is 2.40. The van der Waals surface area contributed by atoms with Crippen molar-refractivity contribution < 1.29 is 14.6 Å². The maximum Gasteiger partial charge on any atom is 0.335 e. The second kappa shape index (κ2) is 6.68. The smallest absolute Gasteiger partial charge is 0.335 e. The Morgan fingerprint density at radius 2 is 2.00 bits per heavy atom. The third-order valence-corrected chi connectivity index (χ3v) is 5.82. The van der Waals surface area contributed by atoms with E-state index in [9.17, 15) is 9.90 Å². The lowest BCUT2D eigenvalue weighted by Crippen LogP contribution is -2.36. The van der Waals surface area contributed by atoms with Gasteiger partial charge < -0.3 is 15.2 Å². The van der Waals surface area contributed by atoms with Crippen LogP contribution in [-0.4, -0.2) is 17.7 Å². The lowest BCUT2D eigenvalue weighted by molar-refractivity contribution is -0.0382. The molecule has 4 rings (SSSR count). The summed E-state index contributed by atoms with van der Waals surface area (Å²) >= 11 is 0. The van der Waals surface area contributed by atoms with Crippen molar-refractivity contribution >= 4 is 11.7 Å². The van der Waals surface area contributed by atoms with E-state index in [1.807, 2.05) is 12.1 Å². The highest BCUT2D eigenvalue weighted by atomic mass is 16.5. The number of carboxylic acid groups (broad SMARTS) is 1. The Kier molecular flexibility index (Phi) is 4.47. The topological polar surface area (TPSA) is 58.6 Å². The molecule has 0 radical (unpaired) electrons. The van der Waals surface area contributed by atoms with E-state index in [1.54, 1.807) is 12.1 Å². The molecule has 4 heteroatoms. The molecule has 2 aliphatic rings. The molecule has 0 aromatic heterocycles. The van der Waals surface area contributed by atoms with E-state index in [0.717, 1.165) is 30.7 Å². The molecular weight excluding hydrogens is 338 g/mol. The molecule has 0 bridgehead atoms. The Balaban J connectivity index is 1.77. The van der Waals surface area contributed by atoms with Gasteiger partial charge in [0, 0.05) is 23.8 Å². The fourth-order valence-electron chi connectivity index (χ4n) is 4.33. The number of nitrogens with one attached hydrogen (secondary N) is 1. The predicted molar refractivity (Wildman–Crippen MR) is 106 cm³/mol. The largest absolute Gasteiger partial charge is 0.478 e. The van der Waals surface area contributed by atoms with Crippen LogP contribution < -0.4 is 5.32 Å². The van der Waals surface area contributed by atoms with Crippen LogP contribution in [-0.2, 0) is 10.2 Å². The van der Waals surface area contributed by atoms with Crippen LogP contribution in [0.15, 0.2) is 42.5 Å². The Hall–Kier alpha value is -2.33. The van der Waals surface area contributed by atoms with Gasteiger partial charge in [0.1, 0.15) is 0 Å². The number of aromatic carboxylic acids is 1. The number of rotatable bonds is 2. The van der Waals surface area contributed by atoms with Crippen LogP contribution in [0.2, 0.25) is 0 Å². The first-order valence-electron chi connectivity index (χ1n) is 9.70. The minimum atomic E-state index is -0.890. The lowest BCUT2D eigenvalue weighted by Gasteiger charge is -2.44. The molecule has 1 fully saturated rings. The molecule has 2 aromatic rings. The first-order valence-corrected chi connectivity index (χ1v) is 9.70. The monoisotopic (exact) mass is 365 g/mol. The Morgan fingerprint density at radius 3 is 2.74 bits per heavy atom. The lowest BCUT2D eigenvalue weighted by atomic mass is 9.75. The number of carboxylic acids is 1. The SMILES string of the molecule is CC(C)(C)c1ccc2c(c1)C1OCCCC1C(c1cccc(C(=O)O)c1)N2. The molecule has 0 saturated carbocycles. The minimum absolute atomic E-state index is 0.0517. The Bertz CT molecular complexity index is 868. The van der Waals surface area contributed by atoms with Gasteiger partial charge in [0.15, 0.2) is 0 Å². The maximum absolute atomic E-state index is 11.4. The Labute approximate surface area is 160 Å². The van der Waals surface area contributed by atoms with Gasteiger partial charge in [-0.25, -0.2) is 4.79 Å². The summed E-state index contributed by atoms with van der Waals surface area (Å²) in [5.41, 5.74) is 5.07. The van der Waals surface area contributed by atoms with Crippen LogP contribution >= 0.6 is 0 Å². The quantitative estimate of drug-likeness (QED) is 0.756. The summed E-state index contributed by atoms with van der Waals surface area (Å²) in [4.78, 5) is 11.4. The zero-order valence-corrected chi connectivity index (χ0v) is 16.2. The van der Waals surface area contributed by atoms with E-state index < -0.39 is 5.97 Å². The first kappa shape index (κ1) is 18.1. The normalized spacial score (nSPS) is 24.5. The molecule has 4 nitrogen and oxygen atoms in total. The molecule has 0 aliphatic carbocycles. The maximum atomic E-state index is 11.4. The number of hydrogen-bond donors (Lipinski definition) is 2. The molecule has 0 amide bonds. The summed E-state index contributed by atoms with van der Waals surface area (Å²) in [6.07, 6.45) is 2.15. The van der Waals surface area contributed by atoms with Crippen LogP contribution in [0.4, 0.5) is 5.69 Å². The van der Waals surface area contributed by atoms with Crippen molar-refractivity contribution in [3.8, 4) is 0 Å². The standard InChI is InChI=1S/C23H27NO3/c1-23(2,3)16-9-10-19-18(13-16)21-17(8-5-11-27-21)20(24-19)14-6-4-7-15(12-14)22(25)26/h4,6-7,9-10,12-13,17,20-21,24H,5,8,11H2,1-3H3,(H,25,26). The number of carbonyl (C=O) groups is 1. The molecule has 2 N–H and O–H groups in total. The van der Waals surface area contributed by atoms with Crippen molar-refractivity contribution in [3.63, 3.8) is 0 Å². The van der Waals surface area contributed by atoms with Gasteiger partial charge in [0.2, 0.25) is 0 Å². The highest BCUT2D eigenvalue weighted by molar-refractivity contribution is 5.87. The number of fused-ring (bicyclic) bond motifs is 3. The minimum Gasteiger partial charge on any atom is -0.478 e. The van der Waals surface area contributed by atoms with Gasteiger partial charge in [-0.1, -0.05) is 45.0 Å². The number of ether oxygens (including phenoxy) is 1. The van der Waals surface area contributed by atoms with Gasteiger partial charge in [-0.3, -0.25) is 0 Å². The molecule has 0 spiro atoms. The molecule has 3 atom stereocenters. The van der Waals surface area contributed by atoms with Crippen LogP contribution in [0.1, 0.15) is 72.8 Å². The van der Waals surface area contributed by atoms with Crippen molar-refractivity contribution in [2.75, 3.05) is 11.9 Å². The van der Waals surface area contributed by atoms with Gasteiger partial charge in [0.25, 0.3) is 0 Å². The molecular formula is C23H27NO3. The molecule has 1 saturated heterocycles. The van der Waals surface area contributed by atoms with Crippen molar-refractivity contribution in [2.24, 2.45) is 5.92 Å². The molecule has 2 heterocycles. The zero-order valence-electron chi connectivity index (χ0n) is 16.2. The third kappa shape index (κ3) is 3.34. The average Bonchev–Trinajstić information content (AvgIpc) is 2.66. The summed E-state index contributed by atoms with van der Waals surface area (Å²) in [7, 11) is 0. The van der Waals surface area contributed by atoms with E-state index in [1.165, 1.54) is 11.1 Å². The average molecular weight is 365 g/mol. The fraction of sp³-hybridized carbons (Fsp3) is 0.435. The Morgan fingerprint density at radius 1 is 1.19 bits per heavy atom. The number of hydrogen-bond acceptors (Lipinski definition) is 3. The summed E-state index contributed by atoms with van der Waals surface area (Å²) in [5.74, 6) is -0.593. The third-order valence-electron chi connectivity index (χ3n) is 5.82. The summed E-state index contributed by atoms with van der Waals surface area (Å²) in [5, 5.41) is 13.0. The van der Waals surface area contributed by atoms with Crippen molar-refractivity contribution in [2.45, 2.75) is 51.2 Å². The van der Waals surface area contributed by atoms with Crippen LogP contribution in [0.3, 0.4) is 0 Å². The van der Waals surface area contributed by atoms with Crippen LogP contribution in [0, 0.1) is 5.92 Å². The second-order valence-electron chi connectivity index (χ2n) is 8.70. The van der Waals surface area contributed by atoms with E-state index in [2.05, 4.69) is 44.3 Å². The van der Waals surface area contributed by atoms with E-state index in [-0.39, 0.29) is 17.6 Å². The molecule has 27 heavy (non-hydrogen) atoms. The van der Waals surface area contributed by atoms with Gasteiger partial charge in [0.05, 0.1) is 17.7 Å². The summed E-state index contributed by atoms with van der Waals surface area (Å²) < 4.78 is 6.25. The van der Waals surface area contributed by atoms with Crippen LogP contribution in [0.25, 0.3) is 0 Å². The number of benzene rings is 2. The summed E-state index contributed by atoms with van der Waals surface area (Å²) in [6, 6.07) is 14.0. The van der Waals surface area contributed by atoms with Crippen molar-refractivity contribution in [3.05, 3.63) is 64.7 Å². The van der Waals surface area contributed by atoms with Crippen molar-refractivity contribution in [1.29, 1.82) is 0 Å². The van der Waals surface area contributed by atoms with Gasteiger partial charge in [-0.15, -0.1) is 0 Å². The fourth-order valence-corrected chi connectivity index (χ4v) is 4.33. The molecule has 142 valence electrons. The van der Waals surface area contributed by atoms with Gasteiger partial charge >= 0.3 is 5.97 Å². The van der Waals surface area contributed by atoms with E-state index in [0.29, 0.717) is 11.5 Å². The van der Waals surface area contributed by atoms with E-state index >= 15 is 0 Å². The summed E-state index contributed by atoms with van der Waals surface area (Å²) in [6.45, 7) is 7.46. The molecule has 2 aromatic carbocycles. The van der Waals surface area contributed by atoms with E-state index in [4.69, 9.17) is 4.74 Å². The van der Waals surface area contributed by atoms with Gasteiger partial charge in [-0.2, -0.15) is 0 Å². The molecule has 2 aliphatic heterocycles. The van der Waals surface area contributed by atoms with Crippen molar-refractivity contribution in [1.82, 2.24) is 0 Å². The van der Waals surface area contributed by atoms with Gasteiger partial charge in [-0.05, 0) is 47.6 Å². The molecule has 3 unspecified atom stereocenters. The predicted octanol–water partition coefficient (Wildman–Crippen LogP) is 5.32. The highest BCUT2D eigenvalue weighted by Crippen LogP contribution is 2.49. The zero-order chi connectivity index (χ0) is 19.2. The van der Waals surface area contributed by atoms with Crippen LogP contribution in [0.5, 0.6) is 0 Å².